The van der Waals surface area contributed by atoms with Crippen molar-refractivity contribution in [2.75, 3.05) is 12.3 Å². The predicted octanol–water partition coefficient (Wildman–Crippen LogP) is 1.34. The standard InChI is InChI=1S/C14H16N4O/c1-10-8-12(9-13(15)18-10)14(19)17-7-4-11-2-5-16-6-3-11/h2-3,5-6,8-9H,4,7H2,1H3,(H2,15,18)(H,17,19). The number of hydrogen-bond donors (Lipinski definition) is 2. The normalized spacial score (nSPS) is 10.2. The number of carbonyl (C=O) groups is 1. The van der Waals surface area contributed by atoms with E-state index in [0.717, 1.165) is 17.7 Å². The van der Waals surface area contributed by atoms with E-state index in [0.29, 0.717) is 17.9 Å². The van der Waals surface area contributed by atoms with E-state index < -0.39 is 0 Å². The van der Waals surface area contributed by atoms with Gasteiger partial charge in [0, 0.05) is 30.2 Å². The summed E-state index contributed by atoms with van der Waals surface area (Å²) in [7, 11) is 0. The summed E-state index contributed by atoms with van der Waals surface area (Å²) < 4.78 is 0. The third-order valence-corrected chi connectivity index (χ3v) is 2.68. The highest BCUT2D eigenvalue weighted by Gasteiger charge is 2.06. The first-order chi connectivity index (χ1) is 9.15. The second-order valence-corrected chi connectivity index (χ2v) is 4.28. The van der Waals surface area contributed by atoms with E-state index in [2.05, 4.69) is 15.3 Å². The van der Waals surface area contributed by atoms with Crippen molar-refractivity contribution >= 4 is 11.7 Å². The molecular formula is C14H16N4O. The van der Waals surface area contributed by atoms with Crippen LogP contribution in [0.3, 0.4) is 0 Å². The molecule has 2 rings (SSSR count). The zero-order valence-corrected chi connectivity index (χ0v) is 10.8. The van der Waals surface area contributed by atoms with Crippen molar-refractivity contribution in [2.45, 2.75) is 13.3 Å². The number of hydrogen-bond acceptors (Lipinski definition) is 4. The molecule has 98 valence electrons. The molecule has 0 aliphatic heterocycles. The molecule has 2 heterocycles. The van der Waals surface area contributed by atoms with Crippen LogP contribution in [0.1, 0.15) is 21.6 Å². The lowest BCUT2D eigenvalue weighted by molar-refractivity contribution is 0.0954. The molecule has 0 radical (unpaired) electrons. The fraction of sp³-hybridized carbons (Fsp3) is 0.214. The number of amides is 1. The van der Waals surface area contributed by atoms with E-state index in [1.807, 2.05) is 19.1 Å². The van der Waals surface area contributed by atoms with Crippen LogP contribution in [-0.4, -0.2) is 22.4 Å². The number of aromatic nitrogens is 2. The average Bonchev–Trinajstić information content (AvgIpc) is 2.38. The Morgan fingerprint density at radius 2 is 2.05 bits per heavy atom. The Morgan fingerprint density at radius 1 is 1.32 bits per heavy atom. The van der Waals surface area contributed by atoms with Crippen LogP contribution in [0.4, 0.5) is 5.82 Å². The first-order valence-corrected chi connectivity index (χ1v) is 6.06. The van der Waals surface area contributed by atoms with E-state index >= 15 is 0 Å². The Hall–Kier alpha value is -2.43. The molecule has 5 nitrogen and oxygen atoms in total. The molecule has 0 saturated carbocycles. The van der Waals surface area contributed by atoms with Crippen molar-refractivity contribution in [3.8, 4) is 0 Å². The maximum absolute atomic E-state index is 11.9. The van der Waals surface area contributed by atoms with E-state index in [-0.39, 0.29) is 5.91 Å². The highest BCUT2D eigenvalue weighted by Crippen LogP contribution is 2.06. The number of nitrogen functional groups attached to an aromatic ring is 1. The SMILES string of the molecule is Cc1cc(C(=O)NCCc2ccncc2)cc(N)n1. The number of pyridine rings is 2. The minimum absolute atomic E-state index is 0.133. The van der Waals surface area contributed by atoms with Gasteiger partial charge in [-0.1, -0.05) is 0 Å². The van der Waals surface area contributed by atoms with Crippen molar-refractivity contribution in [3.05, 3.63) is 53.5 Å². The number of nitrogens with one attached hydrogen (secondary N) is 1. The van der Waals surface area contributed by atoms with Gasteiger partial charge in [-0.05, 0) is 43.2 Å². The predicted molar refractivity (Wildman–Crippen MR) is 73.7 cm³/mol. The molecule has 0 unspecified atom stereocenters. The van der Waals surface area contributed by atoms with Crippen LogP contribution in [0.15, 0.2) is 36.7 Å². The van der Waals surface area contributed by atoms with Gasteiger partial charge in [0.25, 0.3) is 5.91 Å². The summed E-state index contributed by atoms with van der Waals surface area (Å²) in [5, 5.41) is 2.86. The zero-order chi connectivity index (χ0) is 13.7. The third-order valence-electron chi connectivity index (χ3n) is 2.68. The van der Waals surface area contributed by atoms with Gasteiger partial charge in [0.2, 0.25) is 0 Å². The van der Waals surface area contributed by atoms with Gasteiger partial charge in [-0.25, -0.2) is 4.98 Å². The quantitative estimate of drug-likeness (QED) is 0.865. The topological polar surface area (TPSA) is 80.9 Å². The first kappa shape index (κ1) is 13.0. The molecule has 0 atom stereocenters. The first-order valence-electron chi connectivity index (χ1n) is 6.06. The van der Waals surface area contributed by atoms with Gasteiger partial charge < -0.3 is 11.1 Å². The van der Waals surface area contributed by atoms with Crippen LogP contribution in [0, 0.1) is 6.92 Å². The van der Waals surface area contributed by atoms with Gasteiger partial charge >= 0.3 is 0 Å². The molecule has 2 aromatic heterocycles. The van der Waals surface area contributed by atoms with Crippen molar-refractivity contribution in [3.63, 3.8) is 0 Å². The van der Waals surface area contributed by atoms with Crippen LogP contribution < -0.4 is 11.1 Å². The molecule has 5 heteroatoms. The molecule has 0 aromatic carbocycles. The second kappa shape index (κ2) is 5.95. The van der Waals surface area contributed by atoms with Crippen molar-refractivity contribution in [1.29, 1.82) is 0 Å². The molecule has 19 heavy (non-hydrogen) atoms. The second-order valence-electron chi connectivity index (χ2n) is 4.28. The summed E-state index contributed by atoms with van der Waals surface area (Å²) in [5.74, 6) is 0.227. The Labute approximate surface area is 111 Å². The summed E-state index contributed by atoms with van der Waals surface area (Å²) in [6, 6.07) is 7.16. The molecule has 1 amide bonds. The Morgan fingerprint density at radius 3 is 2.74 bits per heavy atom. The molecule has 0 aliphatic rings. The van der Waals surface area contributed by atoms with Gasteiger partial charge in [0.1, 0.15) is 5.82 Å². The summed E-state index contributed by atoms with van der Waals surface area (Å²) >= 11 is 0. The van der Waals surface area contributed by atoms with Crippen LogP contribution in [0.25, 0.3) is 0 Å². The fourth-order valence-corrected chi connectivity index (χ4v) is 1.80. The van der Waals surface area contributed by atoms with Crippen LogP contribution >= 0.6 is 0 Å². The average molecular weight is 256 g/mol. The van der Waals surface area contributed by atoms with Gasteiger partial charge in [-0.2, -0.15) is 0 Å². The van der Waals surface area contributed by atoms with E-state index in [9.17, 15) is 4.79 Å². The molecule has 0 saturated heterocycles. The Kier molecular flexibility index (Phi) is 4.07. The number of anilines is 1. The molecule has 0 aliphatic carbocycles. The largest absolute Gasteiger partial charge is 0.384 e. The zero-order valence-electron chi connectivity index (χ0n) is 10.8. The van der Waals surface area contributed by atoms with Gasteiger partial charge in [0.05, 0.1) is 0 Å². The minimum atomic E-state index is -0.133. The summed E-state index contributed by atoms with van der Waals surface area (Å²) in [6.45, 7) is 2.38. The van der Waals surface area contributed by atoms with E-state index in [4.69, 9.17) is 5.73 Å². The molecule has 0 spiro atoms. The highest BCUT2D eigenvalue weighted by atomic mass is 16.1. The van der Waals surface area contributed by atoms with E-state index in [1.165, 1.54) is 0 Å². The monoisotopic (exact) mass is 256 g/mol. The van der Waals surface area contributed by atoms with Crippen LogP contribution in [0.2, 0.25) is 0 Å². The maximum Gasteiger partial charge on any atom is 0.251 e. The van der Waals surface area contributed by atoms with Crippen molar-refractivity contribution in [2.24, 2.45) is 0 Å². The summed E-state index contributed by atoms with van der Waals surface area (Å²) in [5.41, 5.74) is 8.04. The van der Waals surface area contributed by atoms with Gasteiger partial charge in [0.15, 0.2) is 0 Å². The third kappa shape index (κ3) is 3.77. The van der Waals surface area contributed by atoms with Crippen molar-refractivity contribution < 1.29 is 4.79 Å². The lowest BCUT2D eigenvalue weighted by Crippen LogP contribution is -2.26. The number of nitrogens with zero attached hydrogens (tertiary/aromatic N) is 2. The molecule has 0 bridgehead atoms. The lowest BCUT2D eigenvalue weighted by atomic mass is 10.2. The van der Waals surface area contributed by atoms with E-state index in [1.54, 1.807) is 24.5 Å². The Bertz CT molecular complexity index is 549. The Balaban J connectivity index is 1.91. The molecule has 2 aromatic rings. The number of aryl methyl sites for hydroxylation is 1. The van der Waals surface area contributed by atoms with Crippen molar-refractivity contribution in [1.82, 2.24) is 15.3 Å². The number of rotatable bonds is 4. The fourth-order valence-electron chi connectivity index (χ4n) is 1.80. The maximum atomic E-state index is 11.9. The van der Waals surface area contributed by atoms with Crippen LogP contribution in [0.5, 0.6) is 0 Å². The summed E-state index contributed by atoms with van der Waals surface area (Å²) in [6.07, 6.45) is 4.25. The molecular weight excluding hydrogens is 240 g/mol. The molecule has 0 fully saturated rings. The van der Waals surface area contributed by atoms with Gasteiger partial charge in [-0.15, -0.1) is 0 Å². The highest BCUT2D eigenvalue weighted by molar-refractivity contribution is 5.94. The smallest absolute Gasteiger partial charge is 0.251 e. The number of nitrogens with two attached hydrogens (primary N) is 1. The van der Waals surface area contributed by atoms with Crippen LogP contribution in [-0.2, 0) is 6.42 Å². The summed E-state index contributed by atoms with van der Waals surface area (Å²) in [4.78, 5) is 19.9. The minimum Gasteiger partial charge on any atom is -0.384 e. The lowest BCUT2D eigenvalue weighted by Gasteiger charge is -2.06. The number of carbonyl (C=O) groups excluding carboxylic acids is 1. The van der Waals surface area contributed by atoms with Gasteiger partial charge in [-0.3, -0.25) is 9.78 Å². The molecule has 3 N–H and O–H groups in total.